The Labute approximate surface area is 221 Å². The lowest BCUT2D eigenvalue weighted by Crippen LogP contribution is -2.30. The molecule has 38 heavy (non-hydrogen) atoms. The molecule has 5 rings (SSSR count). The SMILES string of the molecule is CC1=NN(c2ccccc2)C(=O)/C1=C/C=C1/N(CCOc2ccccc2)c2ccc([N+](=O)[O-])cc2C1(C)C. The highest BCUT2D eigenvalue weighted by molar-refractivity contribution is 6.29. The van der Waals surface area contributed by atoms with Crippen molar-refractivity contribution in [3.05, 3.63) is 118 Å². The monoisotopic (exact) mass is 508 g/mol. The second-order valence-electron chi connectivity index (χ2n) is 9.67. The lowest BCUT2D eigenvalue weighted by atomic mass is 9.83. The molecule has 8 nitrogen and oxygen atoms in total. The number of hydrazone groups is 1. The van der Waals surface area contributed by atoms with E-state index < -0.39 is 5.41 Å². The van der Waals surface area contributed by atoms with Crippen LogP contribution in [-0.4, -0.2) is 29.7 Å². The Morgan fingerprint density at radius 1 is 1.00 bits per heavy atom. The maximum absolute atomic E-state index is 13.2. The molecule has 0 unspecified atom stereocenters. The van der Waals surface area contributed by atoms with Gasteiger partial charge in [0.1, 0.15) is 12.4 Å². The van der Waals surface area contributed by atoms with E-state index in [0.717, 1.165) is 22.7 Å². The topological polar surface area (TPSA) is 88.3 Å². The molecule has 0 aliphatic carbocycles. The highest BCUT2D eigenvalue weighted by Gasteiger charge is 2.41. The number of nitro groups is 1. The molecule has 0 saturated heterocycles. The summed E-state index contributed by atoms with van der Waals surface area (Å²) < 4.78 is 5.96. The van der Waals surface area contributed by atoms with Gasteiger partial charge >= 0.3 is 0 Å². The third-order valence-electron chi connectivity index (χ3n) is 6.88. The van der Waals surface area contributed by atoms with Gasteiger partial charge in [0.2, 0.25) is 0 Å². The first-order chi connectivity index (χ1) is 18.3. The first kappa shape index (κ1) is 25.0. The Kier molecular flexibility index (Phi) is 6.55. The van der Waals surface area contributed by atoms with Gasteiger partial charge in [-0.25, -0.2) is 0 Å². The molecule has 0 bridgehead atoms. The normalized spacial score (nSPS) is 18.2. The number of allylic oxidation sites excluding steroid dienone is 3. The molecule has 3 aromatic rings. The number of rotatable bonds is 7. The van der Waals surface area contributed by atoms with Crippen molar-refractivity contribution in [2.24, 2.45) is 5.10 Å². The molecule has 0 fully saturated rings. The number of nitrogens with zero attached hydrogens (tertiary/aromatic N) is 4. The molecule has 2 heterocycles. The largest absolute Gasteiger partial charge is 0.492 e. The number of hydrogen-bond acceptors (Lipinski definition) is 6. The Hall–Kier alpha value is -4.72. The number of anilines is 2. The summed E-state index contributed by atoms with van der Waals surface area (Å²) in [5.41, 5.74) is 3.98. The second kappa shape index (κ2) is 9.97. The van der Waals surface area contributed by atoms with Gasteiger partial charge in [-0.15, -0.1) is 0 Å². The first-order valence-corrected chi connectivity index (χ1v) is 12.4. The summed E-state index contributed by atoms with van der Waals surface area (Å²) >= 11 is 0. The maximum Gasteiger partial charge on any atom is 0.280 e. The summed E-state index contributed by atoms with van der Waals surface area (Å²) in [6.07, 6.45) is 3.72. The van der Waals surface area contributed by atoms with Crippen LogP contribution in [0.2, 0.25) is 0 Å². The number of ether oxygens (including phenoxy) is 1. The van der Waals surface area contributed by atoms with Crippen LogP contribution in [0.25, 0.3) is 0 Å². The van der Waals surface area contributed by atoms with Gasteiger partial charge in [0, 0.05) is 28.9 Å². The van der Waals surface area contributed by atoms with E-state index in [1.165, 1.54) is 11.1 Å². The van der Waals surface area contributed by atoms with Crippen LogP contribution in [0.3, 0.4) is 0 Å². The summed E-state index contributed by atoms with van der Waals surface area (Å²) in [6, 6.07) is 23.8. The van der Waals surface area contributed by atoms with Gasteiger partial charge < -0.3 is 9.64 Å². The summed E-state index contributed by atoms with van der Waals surface area (Å²) in [5.74, 6) is 0.570. The molecule has 0 spiro atoms. The van der Waals surface area contributed by atoms with Crippen LogP contribution >= 0.6 is 0 Å². The summed E-state index contributed by atoms with van der Waals surface area (Å²) in [6.45, 7) is 6.81. The van der Waals surface area contributed by atoms with Gasteiger partial charge in [0.25, 0.3) is 11.6 Å². The van der Waals surface area contributed by atoms with Crippen LogP contribution in [0.1, 0.15) is 26.3 Å². The van der Waals surface area contributed by atoms with E-state index in [9.17, 15) is 14.9 Å². The van der Waals surface area contributed by atoms with Crippen LogP contribution in [0.4, 0.5) is 17.1 Å². The minimum Gasteiger partial charge on any atom is -0.492 e. The Balaban J connectivity index is 1.49. The first-order valence-electron chi connectivity index (χ1n) is 12.4. The lowest BCUT2D eigenvalue weighted by molar-refractivity contribution is -0.384. The fourth-order valence-corrected chi connectivity index (χ4v) is 4.91. The number of benzene rings is 3. The van der Waals surface area contributed by atoms with E-state index in [4.69, 9.17) is 4.74 Å². The van der Waals surface area contributed by atoms with Gasteiger partial charge in [0.05, 0.1) is 28.4 Å². The van der Waals surface area contributed by atoms with Crippen molar-refractivity contribution in [2.75, 3.05) is 23.1 Å². The third-order valence-corrected chi connectivity index (χ3v) is 6.88. The van der Waals surface area contributed by atoms with Gasteiger partial charge in [-0.3, -0.25) is 14.9 Å². The van der Waals surface area contributed by atoms with Crippen molar-refractivity contribution < 1.29 is 14.5 Å². The van der Waals surface area contributed by atoms with Crippen molar-refractivity contribution in [3.63, 3.8) is 0 Å². The zero-order valence-corrected chi connectivity index (χ0v) is 21.5. The quantitative estimate of drug-likeness (QED) is 0.222. The van der Waals surface area contributed by atoms with E-state index in [1.807, 2.05) is 87.5 Å². The summed E-state index contributed by atoms with van der Waals surface area (Å²) in [4.78, 5) is 26.5. The molecular weight excluding hydrogens is 480 g/mol. The minimum atomic E-state index is -0.545. The molecule has 1 amide bonds. The molecular formula is C30H28N4O4. The fourth-order valence-electron chi connectivity index (χ4n) is 4.91. The van der Waals surface area contributed by atoms with Crippen molar-refractivity contribution in [3.8, 4) is 5.75 Å². The predicted molar refractivity (Wildman–Crippen MR) is 149 cm³/mol. The number of fused-ring (bicyclic) bond motifs is 1. The fraction of sp³-hybridized carbons (Fsp3) is 0.200. The molecule has 192 valence electrons. The van der Waals surface area contributed by atoms with Gasteiger partial charge in [-0.1, -0.05) is 50.2 Å². The molecule has 0 atom stereocenters. The number of non-ortho nitro benzene ring substituents is 1. The maximum atomic E-state index is 13.2. The average Bonchev–Trinajstić information content (AvgIpc) is 3.32. The van der Waals surface area contributed by atoms with Crippen molar-refractivity contribution >= 4 is 28.7 Å². The van der Waals surface area contributed by atoms with E-state index in [2.05, 4.69) is 10.0 Å². The van der Waals surface area contributed by atoms with Gasteiger partial charge in [0.15, 0.2) is 0 Å². The smallest absolute Gasteiger partial charge is 0.280 e. The highest BCUT2D eigenvalue weighted by atomic mass is 16.6. The van der Waals surface area contributed by atoms with Crippen molar-refractivity contribution in [2.45, 2.75) is 26.2 Å². The Morgan fingerprint density at radius 3 is 2.37 bits per heavy atom. The van der Waals surface area contributed by atoms with Gasteiger partial charge in [-0.2, -0.15) is 10.1 Å². The molecule has 8 heteroatoms. The van der Waals surface area contributed by atoms with E-state index in [1.54, 1.807) is 18.2 Å². The average molecular weight is 509 g/mol. The lowest BCUT2D eigenvalue weighted by Gasteiger charge is -2.27. The summed E-state index contributed by atoms with van der Waals surface area (Å²) in [7, 11) is 0. The van der Waals surface area contributed by atoms with Crippen LogP contribution in [0, 0.1) is 10.1 Å². The Morgan fingerprint density at radius 2 is 1.68 bits per heavy atom. The number of nitro benzene ring substituents is 1. The molecule has 3 aromatic carbocycles. The molecule has 0 N–H and O–H groups in total. The number of para-hydroxylation sites is 2. The molecule has 0 saturated carbocycles. The van der Waals surface area contributed by atoms with Crippen LogP contribution in [-0.2, 0) is 10.2 Å². The van der Waals surface area contributed by atoms with E-state index >= 15 is 0 Å². The van der Waals surface area contributed by atoms with Crippen molar-refractivity contribution in [1.82, 2.24) is 0 Å². The minimum absolute atomic E-state index is 0.0457. The van der Waals surface area contributed by atoms with E-state index in [0.29, 0.717) is 30.1 Å². The summed E-state index contributed by atoms with van der Waals surface area (Å²) in [5, 5.41) is 17.4. The zero-order chi connectivity index (χ0) is 26.9. The number of carbonyl (C=O) groups excluding carboxylic acids is 1. The van der Waals surface area contributed by atoms with Crippen LogP contribution in [0.15, 0.2) is 107 Å². The number of carbonyl (C=O) groups is 1. The molecule has 2 aliphatic heterocycles. The number of hydrogen-bond donors (Lipinski definition) is 0. The van der Waals surface area contributed by atoms with Crippen LogP contribution < -0.4 is 14.6 Å². The number of amides is 1. The van der Waals surface area contributed by atoms with E-state index in [-0.39, 0.29) is 16.5 Å². The van der Waals surface area contributed by atoms with Crippen molar-refractivity contribution in [1.29, 1.82) is 0 Å². The molecule has 2 aliphatic rings. The molecule has 0 aromatic heterocycles. The Bertz CT molecular complexity index is 1480. The molecule has 0 radical (unpaired) electrons. The standard InChI is InChI=1S/C30H28N4O4/c1-21-25(29(35)33(31-21)22-10-6-4-7-11-22)15-17-28-30(2,3)26-20-23(34(36)37)14-16-27(26)32(28)18-19-38-24-12-8-5-9-13-24/h4-17,20H,18-19H2,1-3H3/b25-15+,28-17+. The second-order valence-corrected chi connectivity index (χ2v) is 9.67. The predicted octanol–water partition coefficient (Wildman–Crippen LogP) is 6.00. The van der Waals surface area contributed by atoms with Crippen LogP contribution in [0.5, 0.6) is 5.75 Å². The van der Waals surface area contributed by atoms with Gasteiger partial charge in [-0.05, 0) is 55.0 Å². The third kappa shape index (κ3) is 4.56. The highest BCUT2D eigenvalue weighted by Crippen LogP contribution is 2.48. The zero-order valence-electron chi connectivity index (χ0n) is 21.5.